The smallest absolute Gasteiger partial charge is 0.327 e. The summed E-state index contributed by atoms with van der Waals surface area (Å²) in [5.74, 6) is -1.42. The van der Waals surface area contributed by atoms with E-state index in [1.54, 1.807) is 24.3 Å². The number of ether oxygens (including phenoxy) is 1. The van der Waals surface area contributed by atoms with E-state index in [1.807, 2.05) is 6.07 Å². The molecule has 1 atom stereocenters. The molecule has 0 aromatic heterocycles. The van der Waals surface area contributed by atoms with Crippen LogP contribution in [0.2, 0.25) is 0 Å². The minimum absolute atomic E-state index is 0.274. The molecule has 0 bridgehead atoms. The van der Waals surface area contributed by atoms with Crippen LogP contribution < -0.4 is 10.6 Å². The van der Waals surface area contributed by atoms with Crippen molar-refractivity contribution >= 4 is 29.5 Å². The van der Waals surface area contributed by atoms with E-state index in [4.69, 9.17) is 10.00 Å². The lowest BCUT2D eigenvalue weighted by Gasteiger charge is -2.33. The molecule has 9 heteroatoms. The van der Waals surface area contributed by atoms with Crippen molar-refractivity contribution in [3.63, 3.8) is 0 Å². The highest BCUT2D eigenvalue weighted by molar-refractivity contribution is 6.09. The monoisotopic (exact) mass is 412 g/mol. The largest absolute Gasteiger partial charge is 0.451 e. The molecule has 0 radical (unpaired) electrons. The quantitative estimate of drug-likeness (QED) is 0.562. The minimum Gasteiger partial charge on any atom is -0.451 e. The highest BCUT2D eigenvalue weighted by atomic mass is 16.5. The van der Waals surface area contributed by atoms with Gasteiger partial charge in [-0.15, -0.1) is 0 Å². The third kappa shape index (κ3) is 4.27. The molecular formula is C21H24N4O5. The lowest BCUT2D eigenvalue weighted by molar-refractivity contribution is -0.155. The highest BCUT2D eigenvalue weighted by Gasteiger charge is 2.52. The summed E-state index contributed by atoms with van der Waals surface area (Å²) in [5, 5.41) is 14.3. The van der Waals surface area contributed by atoms with Gasteiger partial charge in [0.1, 0.15) is 18.2 Å². The van der Waals surface area contributed by atoms with E-state index in [1.165, 1.54) is 6.92 Å². The molecular weight excluding hydrogens is 388 g/mol. The van der Waals surface area contributed by atoms with E-state index in [2.05, 4.69) is 17.6 Å². The molecule has 2 fully saturated rings. The predicted octanol–water partition coefficient (Wildman–Crippen LogP) is 1.93. The summed E-state index contributed by atoms with van der Waals surface area (Å²) < 4.78 is 5.10. The normalized spacial score (nSPS) is 24.2. The van der Waals surface area contributed by atoms with Crippen molar-refractivity contribution < 1.29 is 23.9 Å². The van der Waals surface area contributed by atoms with Gasteiger partial charge in [-0.1, -0.05) is 19.1 Å². The molecule has 1 aliphatic carbocycles. The third-order valence-electron chi connectivity index (χ3n) is 5.64. The van der Waals surface area contributed by atoms with Crippen LogP contribution in [-0.4, -0.2) is 46.9 Å². The molecule has 158 valence electrons. The molecule has 1 aromatic carbocycles. The van der Waals surface area contributed by atoms with Crippen molar-refractivity contribution in [1.82, 2.24) is 10.2 Å². The van der Waals surface area contributed by atoms with Crippen molar-refractivity contribution in [2.45, 2.75) is 51.2 Å². The second kappa shape index (κ2) is 8.53. The molecule has 1 saturated heterocycles. The van der Waals surface area contributed by atoms with Gasteiger partial charge in [0.2, 0.25) is 0 Å². The van der Waals surface area contributed by atoms with Gasteiger partial charge in [-0.3, -0.25) is 19.3 Å². The average Bonchev–Trinajstić information content (AvgIpc) is 2.94. The number of carbonyl (C=O) groups excluding carboxylic acids is 4. The number of nitrogens with one attached hydrogen (secondary N) is 2. The standard InChI is InChI=1S/C21H24N4O5/c1-13-7-9-21(10-8-13)19(28)25(20(29)24-21)12-17(26)30-14(2)18(27)23-16-6-4-3-5-15(16)11-22/h3-6,13-14H,7-10,12H2,1-2H3,(H,23,27)(H,24,29)/t13?,14-,21?/m1/s1. The highest BCUT2D eigenvalue weighted by Crippen LogP contribution is 2.36. The van der Waals surface area contributed by atoms with Gasteiger partial charge in [-0.25, -0.2) is 4.79 Å². The zero-order chi connectivity index (χ0) is 21.9. The predicted molar refractivity (Wildman–Crippen MR) is 106 cm³/mol. The number of urea groups is 1. The summed E-state index contributed by atoms with van der Waals surface area (Å²) in [6.07, 6.45) is 1.56. The summed E-state index contributed by atoms with van der Waals surface area (Å²) in [6, 6.07) is 7.77. The van der Waals surface area contributed by atoms with Crippen molar-refractivity contribution in [2.24, 2.45) is 5.92 Å². The second-order valence-corrected chi connectivity index (χ2v) is 7.86. The Bertz CT molecular complexity index is 914. The van der Waals surface area contributed by atoms with Gasteiger partial charge >= 0.3 is 12.0 Å². The number of esters is 1. The first-order valence-corrected chi connectivity index (χ1v) is 9.89. The van der Waals surface area contributed by atoms with Crippen LogP contribution in [-0.2, 0) is 19.1 Å². The zero-order valence-electron chi connectivity index (χ0n) is 16.9. The third-order valence-corrected chi connectivity index (χ3v) is 5.64. The molecule has 1 spiro atoms. The molecule has 0 unspecified atom stereocenters. The number of nitrogens with zero attached hydrogens (tertiary/aromatic N) is 2. The van der Waals surface area contributed by atoms with Crippen LogP contribution in [0.15, 0.2) is 24.3 Å². The van der Waals surface area contributed by atoms with Crippen LogP contribution in [0.4, 0.5) is 10.5 Å². The maximum absolute atomic E-state index is 12.8. The van der Waals surface area contributed by atoms with E-state index < -0.39 is 42.0 Å². The molecule has 2 aliphatic rings. The number of amides is 4. The first kappa shape index (κ1) is 21.3. The number of anilines is 1. The Morgan fingerprint density at radius 1 is 1.33 bits per heavy atom. The summed E-state index contributed by atoms with van der Waals surface area (Å²) >= 11 is 0. The molecule has 3 rings (SSSR count). The number of para-hydroxylation sites is 1. The number of carbonyl (C=O) groups is 4. The molecule has 4 amide bonds. The number of benzene rings is 1. The Morgan fingerprint density at radius 3 is 2.67 bits per heavy atom. The van der Waals surface area contributed by atoms with E-state index >= 15 is 0 Å². The Kier molecular flexibility index (Phi) is 6.06. The number of hydrogen-bond acceptors (Lipinski definition) is 6. The van der Waals surface area contributed by atoms with Crippen LogP contribution in [0.5, 0.6) is 0 Å². The number of hydrogen-bond donors (Lipinski definition) is 2. The first-order valence-electron chi connectivity index (χ1n) is 9.89. The Balaban J connectivity index is 1.57. The van der Waals surface area contributed by atoms with Crippen LogP contribution in [0.1, 0.15) is 45.1 Å². The van der Waals surface area contributed by atoms with Crippen molar-refractivity contribution in [1.29, 1.82) is 5.26 Å². The van der Waals surface area contributed by atoms with Gasteiger partial charge in [-0.05, 0) is 50.7 Å². The molecule has 1 aromatic rings. The zero-order valence-corrected chi connectivity index (χ0v) is 16.9. The molecule has 1 aliphatic heterocycles. The van der Waals surface area contributed by atoms with Gasteiger partial charge in [0.25, 0.3) is 11.8 Å². The summed E-state index contributed by atoms with van der Waals surface area (Å²) in [5.41, 5.74) is -0.361. The van der Waals surface area contributed by atoms with Crippen LogP contribution in [0.25, 0.3) is 0 Å². The van der Waals surface area contributed by atoms with E-state index in [0.717, 1.165) is 17.7 Å². The van der Waals surface area contributed by atoms with Crippen LogP contribution in [0, 0.1) is 17.2 Å². The topological polar surface area (TPSA) is 129 Å². The van der Waals surface area contributed by atoms with Gasteiger partial charge in [0, 0.05) is 0 Å². The van der Waals surface area contributed by atoms with Crippen molar-refractivity contribution in [3.8, 4) is 6.07 Å². The van der Waals surface area contributed by atoms with Gasteiger partial charge in [0.05, 0.1) is 11.3 Å². The van der Waals surface area contributed by atoms with E-state index in [9.17, 15) is 19.2 Å². The molecule has 30 heavy (non-hydrogen) atoms. The number of imide groups is 1. The molecule has 1 heterocycles. The summed E-state index contributed by atoms with van der Waals surface area (Å²) in [6.45, 7) is 2.91. The summed E-state index contributed by atoms with van der Waals surface area (Å²) in [4.78, 5) is 50.5. The van der Waals surface area contributed by atoms with Crippen LogP contribution in [0.3, 0.4) is 0 Å². The van der Waals surface area contributed by atoms with Crippen molar-refractivity contribution in [2.75, 3.05) is 11.9 Å². The van der Waals surface area contributed by atoms with E-state index in [0.29, 0.717) is 24.4 Å². The fraction of sp³-hybridized carbons (Fsp3) is 0.476. The Morgan fingerprint density at radius 2 is 2.00 bits per heavy atom. The van der Waals surface area contributed by atoms with Crippen LogP contribution >= 0.6 is 0 Å². The Labute approximate surface area is 174 Å². The molecule has 1 saturated carbocycles. The number of rotatable bonds is 5. The maximum atomic E-state index is 12.8. The van der Waals surface area contributed by atoms with Crippen molar-refractivity contribution in [3.05, 3.63) is 29.8 Å². The van der Waals surface area contributed by atoms with Gasteiger partial charge in [-0.2, -0.15) is 5.26 Å². The molecule has 9 nitrogen and oxygen atoms in total. The summed E-state index contributed by atoms with van der Waals surface area (Å²) in [7, 11) is 0. The SMILES string of the molecule is CC1CCC2(CC1)NC(=O)N(CC(=O)O[C@H](C)C(=O)Nc1ccccc1C#N)C2=O. The average molecular weight is 412 g/mol. The number of nitriles is 1. The fourth-order valence-corrected chi connectivity index (χ4v) is 3.75. The van der Waals surface area contributed by atoms with E-state index in [-0.39, 0.29) is 5.56 Å². The second-order valence-electron chi connectivity index (χ2n) is 7.86. The lowest BCUT2D eigenvalue weighted by atomic mass is 9.77. The molecule has 2 N–H and O–H groups in total. The Hall–Kier alpha value is -3.41. The first-order chi connectivity index (χ1) is 14.3. The van der Waals surface area contributed by atoms with Gasteiger partial charge in [0.15, 0.2) is 6.10 Å². The minimum atomic E-state index is -1.17. The lowest BCUT2D eigenvalue weighted by Crippen LogP contribution is -2.49. The maximum Gasteiger partial charge on any atom is 0.327 e. The fourth-order valence-electron chi connectivity index (χ4n) is 3.75. The van der Waals surface area contributed by atoms with Gasteiger partial charge < -0.3 is 15.4 Å².